The number of carbonyl (C=O) groups is 1. The van der Waals surface area contributed by atoms with Crippen molar-refractivity contribution in [1.82, 2.24) is 5.32 Å². The van der Waals surface area contributed by atoms with Gasteiger partial charge in [0.05, 0.1) is 4.90 Å². The minimum absolute atomic E-state index is 0.155. The summed E-state index contributed by atoms with van der Waals surface area (Å²) in [5.41, 5.74) is 0.183. The third kappa shape index (κ3) is 4.29. The Morgan fingerprint density at radius 1 is 1.39 bits per heavy atom. The summed E-state index contributed by atoms with van der Waals surface area (Å²) in [6, 6.07) is 3.82. The summed E-state index contributed by atoms with van der Waals surface area (Å²) < 4.78 is 22.4. The lowest BCUT2D eigenvalue weighted by atomic mass is 10.2. The predicted octanol–water partition coefficient (Wildman–Crippen LogP) is 1.52. The van der Waals surface area contributed by atoms with Crippen molar-refractivity contribution in [3.05, 3.63) is 28.8 Å². The van der Waals surface area contributed by atoms with Gasteiger partial charge in [0, 0.05) is 17.1 Å². The molecule has 0 saturated carbocycles. The molecule has 0 spiro atoms. The van der Waals surface area contributed by atoms with E-state index in [2.05, 4.69) is 5.32 Å². The third-order valence-corrected chi connectivity index (χ3v) is 3.39. The summed E-state index contributed by atoms with van der Waals surface area (Å²) in [7, 11) is -3.87. The number of benzene rings is 1. The van der Waals surface area contributed by atoms with E-state index >= 15 is 0 Å². The Hall–Kier alpha value is -1.11. The van der Waals surface area contributed by atoms with E-state index in [1.165, 1.54) is 18.2 Å². The van der Waals surface area contributed by atoms with E-state index in [1.807, 2.05) is 6.92 Å². The van der Waals surface area contributed by atoms with E-state index in [1.54, 1.807) is 0 Å². The van der Waals surface area contributed by atoms with Crippen LogP contribution in [0.15, 0.2) is 23.1 Å². The highest BCUT2D eigenvalue weighted by Crippen LogP contribution is 2.18. The second-order valence-electron chi connectivity index (χ2n) is 3.83. The van der Waals surface area contributed by atoms with Gasteiger partial charge < -0.3 is 5.32 Å². The van der Waals surface area contributed by atoms with Crippen LogP contribution in [0.4, 0.5) is 0 Å². The Bertz CT molecular complexity index is 543. The van der Waals surface area contributed by atoms with Crippen molar-refractivity contribution in [3.63, 3.8) is 0 Å². The molecular weight excluding hydrogens is 276 g/mol. The molecule has 7 heteroatoms. The molecule has 0 unspecified atom stereocenters. The fourth-order valence-corrected chi connectivity index (χ4v) is 2.22. The molecule has 1 aromatic rings. The first kappa shape index (κ1) is 14.9. The molecule has 0 aromatic heterocycles. The summed E-state index contributed by atoms with van der Waals surface area (Å²) in [6.07, 6.45) is 1.81. The molecule has 0 aliphatic rings. The third-order valence-electron chi connectivity index (χ3n) is 2.28. The largest absolute Gasteiger partial charge is 0.352 e. The number of unbranched alkanes of at least 4 members (excludes halogenated alkanes) is 1. The first-order chi connectivity index (χ1) is 8.34. The molecule has 0 aliphatic heterocycles. The number of halogens is 1. The molecule has 0 heterocycles. The van der Waals surface area contributed by atoms with E-state index in [4.69, 9.17) is 16.7 Å². The van der Waals surface area contributed by atoms with Gasteiger partial charge in [0.1, 0.15) is 0 Å². The molecule has 0 saturated heterocycles. The summed E-state index contributed by atoms with van der Waals surface area (Å²) in [5.74, 6) is -0.365. The van der Waals surface area contributed by atoms with Crippen LogP contribution in [0.1, 0.15) is 30.1 Å². The molecule has 18 heavy (non-hydrogen) atoms. The van der Waals surface area contributed by atoms with Gasteiger partial charge in [-0.25, -0.2) is 13.6 Å². The van der Waals surface area contributed by atoms with E-state index in [0.717, 1.165) is 12.8 Å². The summed E-state index contributed by atoms with van der Waals surface area (Å²) in [4.78, 5) is 11.6. The maximum Gasteiger partial charge on any atom is 0.251 e. The Labute approximate surface area is 111 Å². The van der Waals surface area contributed by atoms with Crippen molar-refractivity contribution in [2.45, 2.75) is 24.7 Å². The van der Waals surface area contributed by atoms with Crippen molar-refractivity contribution in [3.8, 4) is 0 Å². The molecule has 0 bridgehead atoms. The summed E-state index contributed by atoms with van der Waals surface area (Å²) in [5, 5.41) is 7.83. The molecule has 100 valence electrons. The lowest BCUT2D eigenvalue weighted by Crippen LogP contribution is -2.24. The molecule has 0 aliphatic carbocycles. The monoisotopic (exact) mass is 290 g/mol. The van der Waals surface area contributed by atoms with Gasteiger partial charge in [-0.3, -0.25) is 4.79 Å². The van der Waals surface area contributed by atoms with Crippen LogP contribution < -0.4 is 10.5 Å². The van der Waals surface area contributed by atoms with Gasteiger partial charge in [-0.1, -0.05) is 24.9 Å². The van der Waals surface area contributed by atoms with Crippen LogP contribution in [0.3, 0.4) is 0 Å². The molecular formula is C11H15ClN2O3S. The van der Waals surface area contributed by atoms with Gasteiger partial charge in [0.25, 0.3) is 5.91 Å². The summed E-state index contributed by atoms with van der Waals surface area (Å²) >= 11 is 5.76. The molecule has 1 rings (SSSR count). The van der Waals surface area contributed by atoms with Crippen molar-refractivity contribution in [2.75, 3.05) is 6.54 Å². The zero-order valence-electron chi connectivity index (χ0n) is 9.94. The van der Waals surface area contributed by atoms with Gasteiger partial charge in [-0.05, 0) is 24.6 Å². The van der Waals surface area contributed by atoms with E-state index < -0.39 is 10.0 Å². The van der Waals surface area contributed by atoms with Crippen LogP contribution in [-0.2, 0) is 10.0 Å². The minimum atomic E-state index is -3.87. The number of hydrogen-bond acceptors (Lipinski definition) is 3. The van der Waals surface area contributed by atoms with Crippen molar-refractivity contribution < 1.29 is 13.2 Å². The molecule has 5 nitrogen and oxygen atoms in total. The number of primary sulfonamides is 1. The Morgan fingerprint density at radius 2 is 2.06 bits per heavy atom. The van der Waals surface area contributed by atoms with Crippen LogP contribution in [0.5, 0.6) is 0 Å². The normalized spacial score (nSPS) is 11.3. The predicted molar refractivity (Wildman–Crippen MR) is 70.1 cm³/mol. The molecule has 1 aromatic carbocycles. The SMILES string of the molecule is CCCCNC(=O)c1cc(Cl)cc(S(N)(=O)=O)c1. The number of sulfonamides is 1. The zero-order chi connectivity index (χ0) is 13.8. The molecule has 3 N–H and O–H groups in total. The average molecular weight is 291 g/mol. The van der Waals surface area contributed by atoms with Crippen LogP contribution in [0.25, 0.3) is 0 Å². The first-order valence-electron chi connectivity index (χ1n) is 5.46. The van der Waals surface area contributed by atoms with Gasteiger partial charge in [0.2, 0.25) is 10.0 Å². The number of carbonyl (C=O) groups excluding carboxylic acids is 1. The van der Waals surface area contributed by atoms with Gasteiger partial charge >= 0.3 is 0 Å². The highest BCUT2D eigenvalue weighted by atomic mass is 35.5. The highest BCUT2D eigenvalue weighted by Gasteiger charge is 2.13. The number of rotatable bonds is 5. The maximum absolute atomic E-state index is 11.7. The molecule has 1 amide bonds. The zero-order valence-corrected chi connectivity index (χ0v) is 11.5. The Morgan fingerprint density at radius 3 is 2.61 bits per heavy atom. The smallest absolute Gasteiger partial charge is 0.251 e. The number of hydrogen-bond donors (Lipinski definition) is 2. The molecule has 0 fully saturated rings. The Kier molecular flexibility index (Phi) is 5.13. The van der Waals surface area contributed by atoms with E-state index in [0.29, 0.717) is 6.54 Å². The lowest BCUT2D eigenvalue weighted by molar-refractivity contribution is 0.0953. The number of nitrogens with two attached hydrogens (primary N) is 1. The van der Waals surface area contributed by atoms with Crippen molar-refractivity contribution in [2.24, 2.45) is 5.14 Å². The lowest BCUT2D eigenvalue weighted by Gasteiger charge is -2.06. The number of amides is 1. The van der Waals surface area contributed by atoms with Gasteiger partial charge in [-0.15, -0.1) is 0 Å². The highest BCUT2D eigenvalue weighted by molar-refractivity contribution is 7.89. The van der Waals surface area contributed by atoms with E-state index in [9.17, 15) is 13.2 Å². The first-order valence-corrected chi connectivity index (χ1v) is 7.38. The second-order valence-corrected chi connectivity index (χ2v) is 5.83. The second kappa shape index (κ2) is 6.17. The van der Waals surface area contributed by atoms with Crippen LogP contribution in [0.2, 0.25) is 5.02 Å². The molecule has 0 radical (unpaired) electrons. The van der Waals surface area contributed by atoms with Gasteiger partial charge in [-0.2, -0.15) is 0 Å². The van der Waals surface area contributed by atoms with Crippen LogP contribution in [0, 0.1) is 0 Å². The maximum atomic E-state index is 11.7. The topological polar surface area (TPSA) is 89.3 Å². The Balaban J connectivity index is 2.96. The van der Waals surface area contributed by atoms with Crippen LogP contribution in [-0.4, -0.2) is 20.9 Å². The molecule has 0 atom stereocenters. The average Bonchev–Trinajstić information content (AvgIpc) is 2.27. The van der Waals surface area contributed by atoms with Crippen molar-refractivity contribution in [1.29, 1.82) is 0 Å². The van der Waals surface area contributed by atoms with Crippen molar-refractivity contribution >= 4 is 27.5 Å². The minimum Gasteiger partial charge on any atom is -0.352 e. The van der Waals surface area contributed by atoms with E-state index in [-0.39, 0.29) is 21.4 Å². The van der Waals surface area contributed by atoms with Gasteiger partial charge in [0.15, 0.2) is 0 Å². The quantitative estimate of drug-likeness (QED) is 0.806. The fourth-order valence-electron chi connectivity index (χ4n) is 1.34. The number of nitrogens with one attached hydrogen (secondary N) is 1. The van der Waals surface area contributed by atoms with Crippen LogP contribution >= 0.6 is 11.6 Å². The standard InChI is InChI=1S/C11H15ClN2O3S/c1-2-3-4-14-11(15)8-5-9(12)7-10(6-8)18(13,16)17/h5-7H,2-4H2,1H3,(H,14,15)(H2,13,16,17). The summed E-state index contributed by atoms with van der Waals surface area (Å²) in [6.45, 7) is 2.54. The fraction of sp³-hybridized carbons (Fsp3) is 0.364.